The fourth-order valence-electron chi connectivity index (χ4n) is 0.851. The lowest BCUT2D eigenvalue weighted by Crippen LogP contribution is -2.35. The van der Waals surface area contributed by atoms with Gasteiger partial charge in [0.2, 0.25) is 10.0 Å². The van der Waals surface area contributed by atoms with Gasteiger partial charge in [0.05, 0.1) is 4.99 Å². The molecule has 7 heteroatoms. The van der Waals surface area contributed by atoms with E-state index in [1.807, 2.05) is 6.92 Å². The highest BCUT2D eigenvalue weighted by atomic mass is 32.2. The van der Waals surface area contributed by atoms with E-state index in [4.69, 9.17) is 10.5 Å². The van der Waals surface area contributed by atoms with Gasteiger partial charge in [-0.05, 0) is 5.92 Å². The van der Waals surface area contributed by atoms with Crippen molar-refractivity contribution in [1.82, 2.24) is 4.72 Å². The second kappa shape index (κ2) is 6.28. The summed E-state index contributed by atoms with van der Waals surface area (Å²) in [6.07, 6.45) is 0. The molecule has 0 fully saturated rings. The molecule has 1 unspecified atom stereocenters. The molecule has 3 N–H and O–H groups in total. The monoisotopic (exact) mass is 240 g/mol. The number of nitrogens with two attached hydrogens (primary N) is 1. The maximum atomic E-state index is 11.2. The van der Waals surface area contributed by atoms with Crippen molar-refractivity contribution in [1.29, 1.82) is 0 Å². The third-order valence-electron chi connectivity index (χ3n) is 1.44. The highest BCUT2D eigenvalue weighted by Crippen LogP contribution is 1.94. The Labute approximate surface area is 90.1 Å². The summed E-state index contributed by atoms with van der Waals surface area (Å²) in [4.78, 5) is -0.0307. The Bertz CT molecular complexity index is 277. The molecule has 0 saturated carbocycles. The molecule has 1 atom stereocenters. The molecule has 0 bridgehead atoms. The fraction of sp³-hybridized carbons (Fsp3) is 0.857. The van der Waals surface area contributed by atoms with Crippen molar-refractivity contribution in [3.05, 3.63) is 0 Å². The van der Waals surface area contributed by atoms with Crippen molar-refractivity contribution >= 4 is 27.2 Å². The summed E-state index contributed by atoms with van der Waals surface area (Å²) in [5.41, 5.74) is 5.13. The fourth-order valence-corrected chi connectivity index (χ4v) is 2.33. The highest BCUT2D eigenvalue weighted by Gasteiger charge is 2.12. The van der Waals surface area contributed by atoms with Gasteiger partial charge >= 0.3 is 0 Å². The second-order valence-corrected chi connectivity index (χ2v) is 5.47. The first-order valence-electron chi connectivity index (χ1n) is 4.12. The van der Waals surface area contributed by atoms with Crippen LogP contribution < -0.4 is 10.5 Å². The van der Waals surface area contributed by atoms with Gasteiger partial charge in [-0.3, -0.25) is 0 Å². The van der Waals surface area contributed by atoms with Crippen LogP contribution in [0.4, 0.5) is 0 Å². The van der Waals surface area contributed by atoms with Crippen LogP contribution in [0.3, 0.4) is 0 Å². The summed E-state index contributed by atoms with van der Waals surface area (Å²) in [6, 6.07) is 0. The lowest BCUT2D eigenvalue weighted by molar-refractivity contribution is 0.161. The first kappa shape index (κ1) is 13.8. The number of ether oxygens (including phenoxy) is 1. The summed E-state index contributed by atoms with van der Waals surface area (Å²) < 4.78 is 29.7. The second-order valence-electron chi connectivity index (χ2n) is 3.13. The van der Waals surface area contributed by atoms with E-state index in [-0.39, 0.29) is 16.7 Å². The molecule has 0 rings (SSSR count). The molecule has 0 amide bonds. The summed E-state index contributed by atoms with van der Waals surface area (Å²) in [5.74, 6) is -0.177. The van der Waals surface area contributed by atoms with Crippen molar-refractivity contribution in [2.45, 2.75) is 6.92 Å². The number of sulfonamides is 1. The minimum Gasteiger partial charge on any atom is -0.392 e. The van der Waals surface area contributed by atoms with Gasteiger partial charge in [0, 0.05) is 20.3 Å². The Balaban J connectivity index is 3.93. The average Bonchev–Trinajstić information content (AvgIpc) is 1.99. The lowest BCUT2D eigenvalue weighted by atomic mass is 10.2. The van der Waals surface area contributed by atoms with Crippen molar-refractivity contribution in [2.24, 2.45) is 11.7 Å². The van der Waals surface area contributed by atoms with E-state index in [0.29, 0.717) is 13.2 Å². The number of thiocarbonyl (C=S) groups is 1. The minimum absolute atomic E-state index is 0.0307. The normalized spacial score (nSPS) is 13.9. The van der Waals surface area contributed by atoms with Gasteiger partial charge in [-0.2, -0.15) is 0 Å². The number of hydrogen-bond acceptors (Lipinski definition) is 4. The molecule has 0 aliphatic carbocycles. The molecule has 0 aromatic heterocycles. The standard InChI is InChI=1S/C7H16N2O3S2/c1-6(4-12-2)3-9-14(10,11)5-7(8)13/h6,9H,3-5H2,1-2H3,(H2,8,13). The molecule has 0 aromatic carbocycles. The topological polar surface area (TPSA) is 81.4 Å². The van der Waals surface area contributed by atoms with Crippen LogP contribution in [0.2, 0.25) is 0 Å². The third kappa shape index (κ3) is 7.19. The van der Waals surface area contributed by atoms with Gasteiger partial charge in [-0.25, -0.2) is 13.1 Å². The van der Waals surface area contributed by atoms with Crippen LogP contribution in [-0.4, -0.2) is 39.4 Å². The van der Waals surface area contributed by atoms with E-state index in [2.05, 4.69) is 16.9 Å². The van der Waals surface area contributed by atoms with Crippen LogP contribution in [0.5, 0.6) is 0 Å². The summed E-state index contributed by atoms with van der Waals surface area (Å²) in [7, 11) is -1.80. The predicted molar refractivity (Wildman–Crippen MR) is 59.6 cm³/mol. The van der Waals surface area contributed by atoms with E-state index in [1.54, 1.807) is 7.11 Å². The molecule has 0 aliphatic rings. The Morgan fingerprint density at radius 2 is 2.21 bits per heavy atom. The maximum Gasteiger partial charge on any atom is 0.218 e. The first-order valence-corrected chi connectivity index (χ1v) is 6.18. The van der Waals surface area contributed by atoms with Crippen molar-refractivity contribution in [3.63, 3.8) is 0 Å². The Morgan fingerprint density at radius 1 is 1.64 bits per heavy atom. The molecule has 0 aromatic rings. The molecule has 0 radical (unpaired) electrons. The van der Waals surface area contributed by atoms with Crippen molar-refractivity contribution in [2.75, 3.05) is 26.0 Å². The van der Waals surface area contributed by atoms with E-state index in [9.17, 15) is 8.42 Å². The molecule has 84 valence electrons. The number of nitrogens with one attached hydrogen (secondary N) is 1. The molecule has 0 heterocycles. The Hall–Kier alpha value is -0.240. The Kier molecular flexibility index (Phi) is 6.17. The minimum atomic E-state index is -3.37. The van der Waals surface area contributed by atoms with Crippen molar-refractivity contribution in [3.8, 4) is 0 Å². The quantitative estimate of drug-likeness (QED) is 0.585. The lowest BCUT2D eigenvalue weighted by Gasteiger charge is -2.11. The van der Waals surface area contributed by atoms with Gasteiger partial charge in [0.1, 0.15) is 5.75 Å². The van der Waals surface area contributed by atoms with E-state index >= 15 is 0 Å². The van der Waals surface area contributed by atoms with Gasteiger partial charge in [0.15, 0.2) is 0 Å². The Morgan fingerprint density at radius 3 is 2.64 bits per heavy atom. The molecule has 0 saturated heterocycles. The summed E-state index contributed by atoms with van der Waals surface area (Å²) >= 11 is 4.51. The molecule has 0 aliphatic heterocycles. The van der Waals surface area contributed by atoms with Crippen molar-refractivity contribution < 1.29 is 13.2 Å². The van der Waals surface area contributed by atoms with Crippen LogP contribution in [0.25, 0.3) is 0 Å². The van der Waals surface area contributed by atoms with E-state index in [0.717, 1.165) is 0 Å². The van der Waals surface area contributed by atoms with Gasteiger partial charge in [0.25, 0.3) is 0 Å². The summed E-state index contributed by atoms with van der Waals surface area (Å²) in [5, 5.41) is 0. The molecular weight excluding hydrogens is 224 g/mol. The zero-order chi connectivity index (χ0) is 11.2. The average molecular weight is 240 g/mol. The van der Waals surface area contributed by atoms with Gasteiger partial charge < -0.3 is 10.5 Å². The van der Waals surface area contributed by atoms with E-state index < -0.39 is 10.0 Å². The highest BCUT2D eigenvalue weighted by molar-refractivity contribution is 7.92. The number of rotatable bonds is 7. The van der Waals surface area contributed by atoms with Crippen LogP contribution in [0.15, 0.2) is 0 Å². The third-order valence-corrected chi connectivity index (χ3v) is 3.06. The van der Waals surface area contributed by atoms with E-state index in [1.165, 1.54) is 0 Å². The van der Waals surface area contributed by atoms with Crippen LogP contribution in [-0.2, 0) is 14.8 Å². The number of hydrogen-bond donors (Lipinski definition) is 2. The molecule has 14 heavy (non-hydrogen) atoms. The maximum absolute atomic E-state index is 11.2. The largest absolute Gasteiger partial charge is 0.392 e. The van der Waals surface area contributed by atoms with Crippen LogP contribution in [0.1, 0.15) is 6.92 Å². The van der Waals surface area contributed by atoms with Gasteiger partial charge in [-0.15, -0.1) is 0 Å². The first-order chi connectivity index (χ1) is 6.37. The van der Waals surface area contributed by atoms with Crippen LogP contribution >= 0.6 is 12.2 Å². The zero-order valence-electron chi connectivity index (χ0n) is 8.32. The number of methoxy groups -OCH3 is 1. The smallest absolute Gasteiger partial charge is 0.218 e. The van der Waals surface area contributed by atoms with Crippen LogP contribution in [0, 0.1) is 5.92 Å². The zero-order valence-corrected chi connectivity index (χ0v) is 9.95. The SMILES string of the molecule is COCC(C)CNS(=O)(=O)CC(N)=S. The molecule has 0 spiro atoms. The molecular formula is C7H16N2O3S2. The summed E-state index contributed by atoms with van der Waals surface area (Å²) in [6.45, 7) is 2.72. The molecule has 5 nitrogen and oxygen atoms in total. The van der Waals surface area contributed by atoms with Gasteiger partial charge in [-0.1, -0.05) is 19.1 Å². The predicted octanol–water partition coefficient (Wildman–Crippen LogP) is -0.526.